The van der Waals surface area contributed by atoms with Gasteiger partial charge in [0.2, 0.25) is 0 Å². The summed E-state index contributed by atoms with van der Waals surface area (Å²) in [6.07, 6.45) is 3.57. The molecule has 1 nitrogen and oxygen atoms in total. The first kappa shape index (κ1) is 10.6. The molecular formula is C13H18FN. The van der Waals surface area contributed by atoms with E-state index in [4.69, 9.17) is 0 Å². The highest BCUT2D eigenvalue weighted by atomic mass is 19.1. The van der Waals surface area contributed by atoms with Crippen LogP contribution in [0.2, 0.25) is 0 Å². The second-order valence-electron chi connectivity index (χ2n) is 4.60. The van der Waals surface area contributed by atoms with Gasteiger partial charge in [0.15, 0.2) is 0 Å². The zero-order valence-corrected chi connectivity index (χ0v) is 9.25. The maximum absolute atomic E-state index is 13.0. The third-order valence-electron chi connectivity index (χ3n) is 3.14. The molecule has 1 aromatic rings. The Morgan fingerprint density at radius 2 is 2.33 bits per heavy atom. The Hall–Kier alpha value is -0.890. The number of likely N-dealkylation sites (tertiary alicyclic amines) is 1. The smallest absolute Gasteiger partial charge is 0.123 e. The summed E-state index contributed by atoms with van der Waals surface area (Å²) in [6.45, 7) is 2.36. The van der Waals surface area contributed by atoms with Crippen molar-refractivity contribution in [3.8, 4) is 0 Å². The molecule has 1 atom stereocenters. The lowest BCUT2D eigenvalue weighted by atomic mass is 9.91. The molecule has 1 fully saturated rings. The van der Waals surface area contributed by atoms with E-state index >= 15 is 0 Å². The van der Waals surface area contributed by atoms with E-state index in [2.05, 4.69) is 11.9 Å². The summed E-state index contributed by atoms with van der Waals surface area (Å²) in [4.78, 5) is 2.37. The van der Waals surface area contributed by atoms with Crippen molar-refractivity contribution >= 4 is 0 Å². The molecule has 1 saturated heterocycles. The lowest BCUT2D eigenvalue weighted by molar-refractivity contribution is 0.209. The first-order valence-electron chi connectivity index (χ1n) is 5.67. The Bertz CT molecular complexity index is 324. The molecule has 1 aromatic carbocycles. The molecule has 0 amide bonds. The van der Waals surface area contributed by atoms with E-state index in [-0.39, 0.29) is 5.82 Å². The van der Waals surface area contributed by atoms with Crippen LogP contribution in [0.15, 0.2) is 24.3 Å². The zero-order chi connectivity index (χ0) is 10.7. The van der Waals surface area contributed by atoms with Crippen LogP contribution in [0, 0.1) is 11.7 Å². The van der Waals surface area contributed by atoms with Crippen LogP contribution in [0.5, 0.6) is 0 Å². The quantitative estimate of drug-likeness (QED) is 0.720. The van der Waals surface area contributed by atoms with Crippen molar-refractivity contribution in [1.82, 2.24) is 4.90 Å². The van der Waals surface area contributed by atoms with Gasteiger partial charge < -0.3 is 4.90 Å². The Balaban J connectivity index is 1.96. The maximum Gasteiger partial charge on any atom is 0.123 e. The molecule has 0 spiro atoms. The van der Waals surface area contributed by atoms with Gasteiger partial charge in [-0.2, -0.15) is 0 Å². The highest BCUT2D eigenvalue weighted by Crippen LogP contribution is 2.20. The third kappa shape index (κ3) is 3.03. The molecule has 15 heavy (non-hydrogen) atoms. The van der Waals surface area contributed by atoms with Crippen LogP contribution in [0.3, 0.4) is 0 Å². The Morgan fingerprint density at radius 1 is 1.47 bits per heavy atom. The summed E-state index contributed by atoms with van der Waals surface area (Å²) < 4.78 is 13.0. The molecule has 2 heteroatoms. The molecular weight excluding hydrogens is 189 g/mol. The van der Waals surface area contributed by atoms with Crippen LogP contribution < -0.4 is 0 Å². The fraction of sp³-hybridized carbons (Fsp3) is 0.538. The minimum absolute atomic E-state index is 0.114. The van der Waals surface area contributed by atoms with Gasteiger partial charge in [0, 0.05) is 6.54 Å². The van der Waals surface area contributed by atoms with E-state index in [1.54, 1.807) is 12.1 Å². The summed E-state index contributed by atoms with van der Waals surface area (Å²) in [5.74, 6) is 0.585. The van der Waals surface area contributed by atoms with Crippen LogP contribution in [-0.4, -0.2) is 25.0 Å². The minimum Gasteiger partial charge on any atom is -0.306 e. The molecule has 0 aromatic heterocycles. The fourth-order valence-corrected chi connectivity index (χ4v) is 2.44. The number of piperidine rings is 1. The van der Waals surface area contributed by atoms with Gasteiger partial charge in [-0.05, 0) is 56.5 Å². The Kier molecular flexibility index (Phi) is 3.37. The van der Waals surface area contributed by atoms with E-state index in [9.17, 15) is 4.39 Å². The summed E-state index contributed by atoms with van der Waals surface area (Å²) in [6, 6.07) is 7.00. The molecule has 2 rings (SSSR count). The molecule has 0 N–H and O–H groups in total. The molecule has 82 valence electrons. The van der Waals surface area contributed by atoms with E-state index in [1.807, 2.05) is 6.07 Å². The largest absolute Gasteiger partial charge is 0.306 e. The van der Waals surface area contributed by atoms with Crippen LogP contribution >= 0.6 is 0 Å². The third-order valence-corrected chi connectivity index (χ3v) is 3.14. The van der Waals surface area contributed by atoms with Gasteiger partial charge in [-0.25, -0.2) is 4.39 Å². The summed E-state index contributed by atoms with van der Waals surface area (Å²) in [5.41, 5.74) is 1.13. The van der Waals surface area contributed by atoms with Crippen molar-refractivity contribution < 1.29 is 4.39 Å². The number of nitrogens with zero attached hydrogens (tertiary/aromatic N) is 1. The Morgan fingerprint density at radius 3 is 3.07 bits per heavy atom. The van der Waals surface area contributed by atoms with Gasteiger partial charge in [0.1, 0.15) is 5.82 Å². The number of halogens is 1. The van der Waals surface area contributed by atoms with Gasteiger partial charge in [-0.3, -0.25) is 0 Å². The van der Waals surface area contributed by atoms with Crippen molar-refractivity contribution in [1.29, 1.82) is 0 Å². The first-order chi connectivity index (χ1) is 7.24. The van der Waals surface area contributed by atoms with E-state index in [1.165, 1.54) is 25.5 Å². The first-order valence-corrected chi connectivity index (χ1v) is 5.67. The van der Waals surface area contributed by atoms with Crippen molar-refractivity contribution in [3.05, 3.63) is 35.6 Å². The average molecular weight is 207 g/mol. The van der Waals surface area contributed by atoms with Crippen molar-refractivity contribution in [2.75, 3.05) is 20.1 Å². The van der Waals surface area contributed by atoms with Crippen LogP contribution in [0.1, 0.15) is 18.4 Å². The summed E-state index contributed by atoms with van der Waals surface area (Å²) in [5, 5.41) is 0. The summed E-state index contributed by atoms with van der Waals surface area (Å²) >= 11 is 0. The van der Waals surface area contributed by atoms with Crippen molar-refractivity contribution in [2.45, 2.75) is 19.3 Å². The predicted molar refractivity (Wildman–Crippen MR) is 60.3 cm³/mol. The number of hydrogen-bond donors (Lipinski definition) is 0. The second-order valence-corrected chi connectivity index (χ2v) is 4.60. The van der Waals surface area contributed by atoms with Gasteiger partial charge in [0.25, 0.3) is 0 Å². The summed E-state index contributed by atoms with van der Waals surface area (Å²) in [7, 11) is 2.16. The van der Waals surface area contributed by atoms with Crippen LogP contribution in [-0.2, 0) is 6.42 Å². The fourth-order valence-electron chi connectivity index (χ4n) is 2.44. The predicted octanol–water partition coefficient (Wildman–Crippen LogP) is 2.71. The van der Waals surface area contributed by atoms with Gasteiger partial charge >= 0.3 is 0 Å². The second kappa shape index (κ2) is 4.75. The Labute approximate surface area is 90.9 Å². The highest BCUT2D eigenvalue weighted by Gasteiger charge is 2.17. The van der Waals surface area contributed by atoms with Crippen molar-refractivity contribution in [2.24, 2.45) is 5.92 Å². The lowest BCUT2D eigenvalue weighted by Crippen LogP contribution is -2.32. The highest BCUT2D eigenvalue weighted by molar-refractivity contribution is 5.17. The molecule has 0 bridgehead atoms. The molecule has 1 aliphatic heterocycles. The molecule has 0 radical (unpaired) electrons. The topological polar surface area (TPSA) is 3.24 Å². The van der Waals surface area contributed by atoms with E-state index in [0.717, 1.165) is 18.5 Å². The monoisotopic (exact) mass is 207 g/mol. The minimum atomic E-state index is -0.114. The molecule has 0 aliphatic carbocycles. The normalized spacial score (nSPS) is 22.9. The molecule has 0 saturated carbocycles. The lowest BCUT2D eigenvalue weighted by Gasteiger charge is -2.29. The molecule has 1 aliphatic rings. The van der Waals surface area contributed by atoms with Gasteiger partial charge in [0.05, 0.1) is 0 Å². The maximum atomic E-state index is 13.0. The standard InChI is InChI=1S/C13H18FN/c1-15-7-3-5-12(10-15)8-11-4-2-6-13(14)9-11/h2,4,6,9,12H,3,5,7-8,10H2,1H3. The van der Waals surface area contributed by atoms with Crippen molar-refractivity contribution in [3.63, 3.8) is 0 Å². The van der Waals surface area contributed by atoms with Gasteiger partial charge in [-0.1, -0.05) is 12.1 Å². The number of hydrogen-bond acceptors (Lipinski definition) is 1. The van der Waals surface area contributed by atoms with Crippen LogP contribution in [0.25, 0.3) is 0 Å². The molecule has 1 heterocycles. The molecule has 1 unspecified atom stereocenters. The van der Waals surface area contributed by atoms with Gasteiger partial charge in [-0.15, -0.1) is 0 Å². The van der Waals surface area contributed by atoms with E-state index < -0.39 is 0 Å². The van der Waals surface area contributed by atoms with E-state index in [0.29, 0.717) is 5.92 Å². The van der Waals surface area contributed by atoms with Crippen LogP contribution in [0.4, 0.5) is 4.39 Å². The number of benzene rings is 1. The average Bonchev–Trinajstić information content (AvgIpc) is 2.17. The zero-order valence-electron chi connectivity index (χ0n) is 9.25. The number of rotatable bonds is 2. The SMILES string of the molecule is CN1CCCC(Cc2cccc(F)c2)C1.